The van der Waals surface area contributed by atoms with E-state index < -0.39 is 47.0 Å². The van der Waals surface area contributed by atoms with Gasteiger partial charge in [0.2, 0.25) is 11.8 Å². The first-order valence-corrected chi connectivity index (χ1v) is 12.4. The summed E-state index contributed by atoms with van der Waals surface area (Å²) in [6.45, 7) is 7.23. The van der Waals surface area contributed by atoms with Gasteiger partial charge in [-0.2, -0.15) is 0 Å². The summed E-state index contributed by atoms with van der Waals surface area (Å²) in [5.41, 5.74) is -0.769. The van der Waals surface area contributed by atoms with Crippen LogP contribution in [0.2, 0.25) is 5.02 Å². The Morgan fingerprint density at radius 2 is 2.06 bits per heavy atom. The Balaban J connectivity index is 1.81. The molecule has 0 radical (unpaired) electrons. The van der Waals surface area contributed by atoms with Crippen molar-refractivity contribution in [2.45, 2.75) is 76.7 Å². The number of hydrogen-bond donors (Lipinski definition) is 2. The molecule has 0 saturated carbocycles. The van der Waals surface area contributed by atoms with E-state index in [9.17, 15) is 19.5 Å². The molecule has 8 nitrogen and oxygen atoms in total. The highest BCUT2D eigenvalue weighted by Gasteiger charge is 2.79. The van der Waals surface area contributed by atoms with E-state index in [1.807, 2.05) is 26.8 Å². The monoisotopic (exact) mass is 492 g/mol. The number of carbonyl (C=O) groups excluding carboxylic acids is 3. The minimum Gasteiger partial charge on any atom is -0.466 e. The lowest BCUT2D eigenvalue weighted by molar-refractivity contribution is -0.161. The first kappa shape index (κ1) is 24.9. The molecule has 4 rings (SSSR count). The second-order valence-corrected chi connectivity index (χ2v) is 9.90. The molecule has 2 N–H and O–H groups in total. The lowest BCUT2D eigenvalue weighted by atomic mass is 9.65. The highest BCUT2D eigenvalue weighted by Crippen LogP contribution is 2.64. The van der Waals surface area contributed by atoms with E-state index in [2.05, 4.69) is 5.32 Å². The third-order valence-electron chi connectivity index (χ3n) is 7.95. The van der Waals surface area contributed by atoms with Crippen LogP contribution >= 0.6 is 11.6 Å². The first-order valence-electron chi connectivity index (χ1n) is 12.1. The van der Waals surface area contributed by atoms with Gasteiger partial charge in [-0.05, 0) is 51.2 Å². The van der Waals surface area contributed by atoms with Crippen molar-refractivity contribution in [1.82, 2.24) is 4.90 Å². The summed E-state index contributed by atoms with van der Waals surface area (Å²) in [6, 6.07) is 3.72. The van der Waals surface area contributed by atoms with Crippen molar-refractivity contribution < 1.29 is 29.0 Å². The van der Waals surface area contributed by atoms with Crippen molar-refractivity contribution in [3.8, 4) is 0 Å². The fourth-order valence-electron chi connectivity index (χ4n) is 6.34. The smallest absolute Gasteiger partial charge is 0.312 e. The quantitative estimate of drug-likeness (QED) is 0.540. The standard InChI is InChI=1S/C25H33ClN2O6/c1-5-15(13-29)28-20(21(30)27-19-14(4)9-8-10-16(19)26)25-12-11-24(6-2,34-25)18(17(25)22(28)31)23(32)33-7-3/h8-10,15,17-18,20,29H,5-7,11-13H2,1-4H3,(H,27,30)/t15-,17-,18-,20?,24+,25?/m0/s1. The molecule has 2 bridgehead atoms. The number of ether oxygens (including phenoxy) is 2. The predicted molar refractivity (Wildman–Crippen MR) is 126 cm³/mol. The van der Waals surface area contributed by atoms with E-state index in [0.29, 0.717) is 36.4 Å². The van der Waals surface area contributed by atoms with Crippen LogP contribution in [0.3, 0.4) is 0 Å². The molecule has 1 spiro atoms. The van der Waals surface area contributed by atoms with Gasteiger partial charge in [-0.3, -0.25) is 14.4 Å². The Morgan fingerprint density at radius 1 is 1.32 bits per heavy atom. The van der Waals surface area contributed by atoms with Gasteiger partial charge in [0.1, 0.15) is 17.6 Å². The fourth-order valence-corrected chi connectivity index (χ4v) is 6.60. The third-order valence-corrected chi connectivity index (χ3v) is 8.27. The number of nitrogens with zero attached hydrogens (tertiary/aromatic N) is 1. The number of hydrogen-bond acceptors (Lipinski definition) is 6. The zero-order valence-corrected chi connectivity index (χ0v) is 20.9. The molecule has 2 amide bonds. The molecule has 34 heavy (non-hydrogen) atoms. The SMILES string of the molecule is CCOC(=O)[C@@H]1[C@H]2C(=O)N([C@@H](CC)CO)C(C(=O)Nc3c(C)cccc3Cl)C23CC[C@@]1(CC)O3. The molecule has 9 heteroatoms. The molecule has 0 aliphatic carbocycles. The highest BCUT2D eigenvalue weighted by atomic mass is 35.5. The molecule has 0 aromatic heterocycles. The minimum atomic E-state index is -1.17. The number of likely N-dealkylation sites (tertiary alicyclic amines) is 1. The van der Waals surface area contributed by atoms with Crippen LogP contribution in [0.25, 0.3) is 0 Å². The zero-order chi connectivity index (χ0) is 24.8. The number of carbonyl (C=O) groups is 3. The number of aliphatic hydroxyl groups excluding tert-OH is 1. The molecular weight excluding hydrogens is 460 g/mol. The van der Waals surface area contributed by atoms with Gasteiger partial charge in [-0.1, -0.05) is 37.6 Å². The molecule has 1 aromatic carbocycles. The lowest BCUT2D eigenvalue weighted by Gasteiger charge is -2.37. The second kappa shape index (κ2) is 9.13. The summed E-state index contributed by atoms with van der Waals surface area (Å²) in [4.78, 5) is 42.4. The van der Waals surface area contributed by atoms with Gasteiger partial charge < -0.3 is 24.8 Å². The number of amides is 2. The summed E-state index contributed by atoms with van der Waals surface area (Å²) in [5, 5.41) is 13.4. The number of fused-ring (bicyclic) bond motifs is 1. The van der Waals surface area contributed by atoms with Crippen molar-refractivity contribution in [2.75, 3.05) is 18.5 Å². The van der Waals surface area contributed by atoms with Crippen LogP contribution in [0.1, 0.15) is 52.0 Å². The van der Waals surface area contributed by atoms with Gasteiger partial charge in [-0.15, -0.1) is 0 Å². The average molecular weight is 493 g/mol. The van der Waals surface area contributed by atoms with Crippen molar-refractivity contribution in [2.24, 2.45) is 11.8 Å². The third kappa shape index (κ3) is 3.45. The molecule has 3 fully saturated rings. The van der Waals surface area contributed by atoms with Gasteiger partial charge in [0.05, 0.1) is 41.5 Å². The van der Waals surface area contributed by atoms with Gasteiger partial charge in [-0.25, -0.2) is 0 Å². The number of aryl methyl sites for hydroxylation is 1. The van der Waals surface area contributed by atoms with E-state index in [1.165, 1.54) is 4.90 Å². The molecule has 2 unspecified atom stereocenters. The molecule has 3 heterocycles. The van der Waals surface area contributed by atoms with Crippen LogP contribution in [-0.2, 0) is 23.9 Å². The van der Waals surface area contributed by atoms with Crippen LogP contribution in [0.5, 0.6) is 0 Å². The maximum absolute atomic E-state index is 13.9. The fraction of sp³-hybridized carbons (Fsp3) is 0.640. The number of benzene rings is 1. The van der Waals surface area contributed by atoms with Crippen molar-refractivity contribution in [3.05, 3.63) is 28.8 Å². The topological polar surface area (TPSA) is 105 Å². The number of nitrogens with one attached hydrogen (secondary N) is 1. The first-order chi connectivity index (χ1) is 16.2. The predicted octanol–water partition coefficient (Wildman–Crippen LogP) is 3.08. The van der Waals surface area contributed by atoms with Crippen LogP contribution in [0.15, 0.2) is 18.2 Å². The normalized spacial score (nSPS) is 32.6. The van der Waals surface area contributed by atoms with E-state index in [1.54, 1.807) is 19.1 Å². The Labute approximate surface area is 204 Å². The van der Waals surface area contributed by atoms with Crippen molar-refractivity contribution >= 4 is 35.1 Å². The van der Waals surface area contributed by atoms with Crippen LogP contribution in [-0.4, -0.2) is 64.3 Å². The number of esters is 1. The van der Waals surface area contributed by atoms with Crippen molar-refractivity contribution in [1.29, 1.82) is 0 Å². The van der Waals surface area contributed by atoms with Crippen LogP contribution < -0.4 is 5.32 Å². The number of anilines is 1. The highest BCUT2D eigenvalue weighted by molar-refractivity contribution is 6.34. The summed E-state index contributed by atoms with van der Waals surface area (Å²) in [6.07, 6.45) is 1.99. The Hall–Kier alpha value is -2.16. The molecule has 186 valence electrons. The maximum atomic E-state index is 13.9. The Bertz CT molecular complexity index is 977. The van der Waals surface area contributed by atoms with Crippen LogP contribution in [0, 0.1) is 18.8 Å². The largest absolute Gasteiger partial charge is 0.466 e. The number of rotatable bonds is 8. The Kier molecular flexibility index (Phi) is 6.70. The summed E-state index contributed by atoms with van der Waals surface area (Å²) < 4.78 is 12.0. The second-order valence-electron chi connectivity index (χ2n) is 9.50. The van der Waals surface area contributed by atoms with E-state index in [4.69, 9.17) is 21.1 Å². The summed E-state index contributed by atoms with van der Waals surface area (Å²) in [5.74, 6) is -2.88. The number of halogens is 1. The zero-order valence-electron chi connectivity index (χ0n) is 20.1. The Morgan fingerprint density at radius 3 is 2.65 bits per heavy atom. The van der Waals surface area contributed by atoms with Gasteiger partial charge in [0.15, 0.2) is 0 Å². The summed E-state index contributed by atoms with van der Waals surface area (Å²) in [7, 11) is 0. The molecular formula is C25H33ClN2O6. The van der Waals surface area contributed by atoms with E-state index in [0.717, 1.165) is 5.56 Å². The van der Waals surface area contributed by atoms with Gasteiger partial charge in [0.25, 0.3) is 0 Å². The van der Waals surface area contributed by atoms with Crippen LogP contribution in [0.4, 0.5) is 5.69 Å². The van der Waals surface area contributed by atoms with Crippen molar-refractivity contribution in [3.63, 3.8) is 0 Å². The summed E-state index contributed by atoms with van der Waals surface area (Å²) >= 11 is 6.37. The number of para-hydroxylation sites is 1. The van der Waals surface area contributed by atoms with Gasteiger partial charge >= 0.3 is 5.97 Å². The molecule has 3 aliphatic rings. The minimum absolute atomic E-state index is 0.191. The maximum Gasteiger partial charge on any atom is 0.312 e. The molecule has 1 aromatic rings. The molecule has 3 saturated heterocycles. The molecule has 6 atom stereocenters. The lowest BCUT2D eigenvalue weighted by Crippen LogP contribution is -2.56. The van der Waals surface area contributed by atoms with E-state index >= 15 is 0 Å². The number of aliphatic hydroxyl groups is 1. The van der Waals surface area contributed by atoms with Gasteiger partial charge in [0, 0.05) is 0 Å². The average Bonchev–Trinajstić information content (AvgIpc) is 3.41. The molecule has 3 aliphatic heterocycles. The van der Waals surface area contributed by atoms with E-state index in [-0.39, 0.29) is 19.1 Å².